The number of hydrogen-bond donors (Lipinski definition) is 1. The predicted octanol–water partition coefficient (Wildman–Crippen LogP) is 0.950. The van der Waals surface area contributed by atoms with Crippen molar-refractivity contribution in [2.24, 2.45) is 5.73 Å². The van der Waals surface area contributed by atoms with Crippen molar-refractivity contribution in [3.8, 4) is 0 Å². The summed E-state index contributed by atoms with van der Waals surface area (Å²) < 4.78 is 0. The third-order valence-electron chi connectivity index (χ3n) is 4.01. The maximum atomic E-state index is 12.0. The second-order valence-electron chi connectivity index (χ2n) is 5.94. The van der Waals surface area contributed by atoms with Crippen molar-refractivity contribution in [3.05, 3.63) is 17.8 Å². The van der Waals surface area contributed by atoms with Crippen molar-refractivity contribution in [1.29, 1.82) is 0 Å². The number of rotatable bonds is 4. The van der Waals surface area contributed by atoms with Crippen molar-refractivity contribution in [2.75, 3.05) is 25.0 Å². The fraction of sp³-hybridized carbons (Fsp3) is 0.667. The van der Waals surface area contributed by atoms with E-state index in [0.29, 0.717) is 12.5 Å². The van der Waals surface area contributed by atoms with Crippen LogP contribution in [0.1, 0.15) is 31.9 Å². The molecule has 1 aliphatic heterocycles. The number of carbonyl (C=O) groups is 1. The van der Waals surface area contributed by atoms with Crippen LogP contribution in [0.4, 0.5) is 5.82 Å². The summed E-state index contributed by atoms with van der Waals surface area (Å²) in [6.07, 6.45) is 2.34. The molecule has 0 radical (unpaired) electrons. The molecule has 6 nitrogen and oxygen atoms in total. The number of amides is 1. The van der Waals surface area contributed by atoms with Gasteiger partial charge in [-0.1, -0.05) is 0 Å². The Labute approximate surface area is 126 Å². The van der Waals surface area contributed by atoms with E-state index < -0.39 is 0 Å². The van der Waals surface area contributed by atoms with Gasteiger partial charge in [0.2, 0.25) is 5.91 Å². The van der Waals surface area contributed by atoms with Gasteiger partial charge in [0.25, 0.3) is 0 Å². The monoisotopic (exact) mass is 291 g/mol. The summed E-state index contributed by atoms with van der Waals surface area (Å²) in [6.45, 7) is 5.38. The largest absolute Gasteiger partial charge is 0.355 e. The lowest BCUT2D eigenvalue weighted by molar-refractivity contribution is -0.132. The van der Waals surface area contributed by atoms with E-state index >= 15 is 0 Å². The van der Waals surface area contributed by atoms with Gasteiger partial charge in [0.15, 0.2) is 5.82 Å². The first kappa shape index (κ1) is 15.7. The number of nitrogens with two attached hydrogens (primary N) is 1. The van der Waals surface area contributed by atoms with E-state index in [1.165, 1.54) is 0 Å². The summed E-state index contributed by atoms with van der Waals surface area (Å²) in [6, 6.07) is 4.30. The Morgan fingerprint density at radius 1 is 1.43 bits per heavy atom. The van der Waals surface area contributed by atoms with Gasteiger partial charge in [-0.15, -0.1) is 5.10 Å². The summed E-state index contributed by atoms with van der Waals surface area (Å²) in [5.74, 6) is 1.06. The van der Waals surface area contributed by atoms with E-state index in [0.717, 1.165) is 37.4 Å². The lowest BCUT2D eigenvalue weighted by atomic mass is 10.0. The fourth-order valence-corrected chi connectivity index (χ4v) is 2.67. The van der Waals surface area contributed by atoms with Crippen molar-refractivity contribution in [3.63, 3.8) is 0 Å². The van der Waals surface area contributed by atoms with Crippen molar-refractivity contribution in [2.45, 2.75) is 45.2 Å². The van der Waals surface area contributed by atoms with E-state index in [2.05, 4.69) is 15.1 Å². The van der Waals surface area contributed by atoms with Gasteiger partial charge in [-0.05, 0) is 38.8 Å². The van der Waals surface area contributed by atoms with Crippen LogP contribution >= 0.6 is 0 Å². The molecule has 0 spiro atoms. The standard InChI is InChI=1S/C15H25N5O/c1-11(16)10-15(21)20-8-6-13(7-9-20)19(3)14-5-4-12(2)17-18-14/h4-5,11,13H,6-10,16H2,1-3H3. The van der Waals surface area contributed by atoms with Crippen molar-refractivity contribution in [1.82, 2.24) is 15.1 Å². The molecule has 116 valence electrons. The maximum Gasteiger partial charge on any atom is 0.224 e. The smallest absolute Gasteiger partial charge is 0.224 e. The summed E-state index contributed by atoms with van der Waals surface area (Å²) in [4.78, 5) is 16.1. The van der Waals surface area contributed by atoms with E-state index in [9.17, 15) is 4.79 Å². The Hall–Kier alpha value is -1.69. The Bertz CT molecular complexity index is 465. The molecule has 0 bridgehead atoms. The molecule has 2 rings (SSSR count). The molecule has 1 aromatic heterocycles. The number of aromatic nitrogens is 2. The highest BCUT2D eigenvalue weighted by Crippen LogP contribution is 2.20. The van der Waals surface area contributed by atoms with Gasteiger partial charge in [0, 0.05) is 38.6 Å². The minimum Gasteiger partial charge on any atom is -0.355 e. The number of hydrogen-bond acceptors (Lipinski definition) is 5. The summed E-state index contributed by atoms with van der Waals surface area (Å²) in [7, 11) is 2.05. The average Bonchev–Trinajstić information content (AvgIpc) is 2.47. The Kier molecular flexibility index (Phi) is 5.12. The molecule has 1 unspecified atom stereocenters. The van der Waals surface area contributed by atoms with Crippen LogP contribution in [-0.4, -0.2) is 53.2 Å². The summed E-state index contributed by atoms with van der Waals surface area (Å²) in [5.41, 5.74) is 6.61. The van der Waals surface area contributed by atoms with Crippen molar-refractivity contribution < 1.29 is 4.79 Å². The van der Waals surface area contributed by atoms with Gasteiger partial charge in [-0.2, -0.15) is 5.10 Å². The molecule has 1 saturated heterocycles. The second-order valence-corrected chi connectivity index (χ2v) is 5.94. The SMILES string of the molecule is Cc1ccc(N(C)C2CCN(C(=O)CC(C)N)CC2)nn1. The first-order valence-corrected chi connectivity index (χ1v) is 7.54. The normalized spacial score (nSPS) is 17.6. The number of piperidine rings is 1. The average molecular weight is 291 g/mol. The second kappa shape index (κ2) is 6.85. The number of aryl methyl sites for hydroxylation is 1. The molecule has 2 heterocycles. The first-order chi connectivity index (χ1) is 9.97. The van der Waals surface area contributed by atoms with Crippen molar-refractivity contribution >= 4 is 11.7 Å². The van der Waals surface area contributed by atoms with Gasteiger partial charge in [-0.25, -0.2) is 0 Å². The number of carbonyl (C=O) groups excluding carboxylic acids is 1. The zero-order chi connectivity index (χ0) is 15.4. The molecule has 0 saturated carbocycles. The van der Waals surface area contributed by atoms with Gasteiger partial charge in [0.1, 0.15) is 0 Å². The molecule has 1 fully saturated rings. The van der Waals surface area contributed by atoms with Gasteiger partial charge in [0.05, 0.1) is 5.69 Å². The van der Waals surface area contributed by atoms with Gasteiger partial charge in [-0.3, -0.25) is 4.79 Å². The predicted molar refractivity (Wildman–Crippen MR) is 83.0 cm³/mol. The van der Waals surface area contributed by atoms with E-state index in [-0.39, 0.29) is 11.9 Å². The van der Waals surface area contributed by atoms with Crippen LogP contribution in [0.2, 0.25) is 0 Å². The number of anilines is 1. The number of nitrogens with zero attached hydrogens (tertiary/aromatic N) is 4. The van der Waals surface area contributed by atoms with E-state index in [1.54, 1.807) is 0 Å². The molecule has 2 N–H and O–H groups in total. The van der Waals surface area contributed by atoms with Crippen LogP contribution in [0.5, 0.6) is 0 Å². The molecule has 6 heteroatoms. The first-order valence-electron chi connectivity index (χ1n) is 7.54. The highest BCUT2D eigenvalue weighted by atomic mass is 16.2. The quantitative estimate of drug-likeness (QED) is 0.894. The molecule has 1 atom stereocenters. The fourth-order valence-electron chi connectivity index (χ4n) is 2.67. The van der Waals surface area contributed by atoms with Crippen LogP contribution in [0.3, 0.4) is 0 Å². The molecule has 1 aromatic rings. The van der Waals surface area contributed by atoms with Crippen LogP contribution in [0.25, 0.3) is 0 Å². The van der Waals surface area contributed by atoms with Crippen LogP contribution < -0.4 is 10.6 Å². The Balaban J connectivity index is 1.88. The lowest BCUT2D eigenvalue weighted by Gasteiger charge is -2.37. The minimum atomic E-state index is -0.0688. The maximum absolute atomic E-state index is 12.0. The molecular formula is C15H25N5O. The Morgan fingerprint density at radius 2 is 2.10 bits per heavy atom. The molecule has 0 aliphatic carbocycles. The molecule has 21 heavy (non-hydrogen) atoms. The summed E-state index contributed by atoms with van der Waals surface area (Å²) in [5, 5.41) is 8.33. The number of likely N-dealkylation sites (tertiary alicyclic amines) is 1. The highest BCUT2D eigenvalue weighted by molar-refractivity contribution is 5.76. The highest BCUT2D eigenvalue weighted by Gasteiger charge is 2.26. The van der Waals surface area contributed by atoms with Crippen LogP contribution in [0, 0.1) is 6.92 Å². The minimum absolute atomic E-state index is 0.0688. The third-order valence-corrected chi connectivity index (χ3v) is 4.01. The van der Waals surface area contributed by atoms with Crippen LogP contribution in [0.15, 0.2) is 12.1 Å². The zero-order valence-corrected chi connectivity index (χ0v) is 13.1. The zero-order valence-electron chi connectivity index (χ0n) is 13.1. The van der Waals surface area contributed by atoms with Crippen LogP contribution in [-0.2, 0) is 4.79 Å². The topological polar surface area (TPSA) is 75.3 Å². The summed E-state index contributed by atoms with van der Waals surface area (Å²) >= 11 is 0. The lowest BCUT2D eigenvalue weighted by Crippen LogP contribution is -2.46. The van der Waals surface area contributed by atoms with Gasteiger partial charge >= 0.3 is 0 Å². The molecule has 1 aliphatic rings. The molecule has 0 aromatic carbocycles. The van der Waals surface area contributed by atoms with E-state index in [1.807, 2.05) is 37.9 Å². The molecule has 1 amide bonds. The third kappa shape index (κ3) is 4.14. The Morgan fingerprint density at radius 3 is 2.62 bits per heavy atom. The van der Waals surface area contributed by atoms with Gasteiger partial charge < -0.3 is 15.5 Å². The van der Waals surface area contributed by atoms with E-state index in [4.69, 9.17) is 5.73 Å². The molecular weight excluding hydrogens is 266 g/mol.